The highest BCUT2D eigenvalue weighted by atomic mass is 19.4. The zero-order valence-electron chi connectivity index (χ0n) is 8.63. The summed E-state index contributed by atoms with van der Waals surface area (Å²) in [6, 6.07) is 1.90. The minimum Gasteiger partial charge on any atom is -0.465 e. The van der Waals surface area contributed by atoms with Crippen LogP contribution in [0.2, 0.25) is 0 Å². The van der Waals surface area contributed by atoms with Gasteiger partial charge in [0.2, 0.25) is 0 Å². The lowest BCUT2D eigenvalue weighted by Gasteiger charge is -2.09. The third kappa shape index (κ3) is 1.83. The molecule has 0 saturated carbocycles. The van der Waals surface area contributed by atoms with Crippen molar-refractivity contribution in [1.82, 2.24) is 10.2 Å². The van der Waals surface area contributed by atoms with Gasteiger partial charge in [0.05, 0.1) is 30.0 Å². The summed E-state index contributed by atoms with van der Waals surface area (Å²) in [5, 5.41) is 5.85. The smallest absolute Gasteiger partial charge is 0.418 e. The Balaban J connectivity index is 2.71. The largest absolute Gasteiger partial charge is 0.465 e. The van der Waals surface area contributed by atoms with E-state index in [1.54, 1.807) is 0 Å². The number of hydrogen-bond donors (Lipinski definition) is 1. The summed E-state index contributed by atoms with van der Waals surface area (Å²) in [5.41, 5.74) is -1.04. The number of fused-ring (bicyclic) bond motifs is 1. The summed E-state index contributed by atoms with van der Waals surface area (Å²) in [7, 11) is 1.16. The summed E-state index contributed by atoms with van der Waals surface area (Å²) in [4.78, 5) is 11.3. The maximum atomic E-state index is 12.6. The first-order valence-corrected chi connectivity index (χ1v) is 4.56. The molecular weight excluding hydrogens is 237 g/mol. The van der Waals surface area contributed by atoms with Crippen LogP contribution in [0.5, 0.6) is 0 Å². The number of H-pyrrole nitrogens is 1. The van der Waals surface area contributed by atoms with Gasteiger partial charge in [-0.25, -0.2) is 4.79 Å². The number of halogens is 3. The second-order valence-corrected chi connectivity index (χ2v) is 3.31. The number of methoxy groups -OCH3 is 1. The molecule has 0 aliphatic heterocycles. The molecule has 17 heavy (non-hydrogen) atoms. The van der Waals surface area contributed by atoms with E-state index < -0.39 is 17.7 Å². The first-order valence-electron chi connectivity index (χ1n) is 4.56. The second-order valence-electron chi connectivity index (χ2n) is 3.31. The fraction of sp³-hybridized carbons (Fsp3) is 0.200. The molecule has 0 unspecified atom stereocenters. The highest BCUT2D eigenvalue weighted by molar-refractivity contribution is 6.04. The van der Waals surface area contributed by atoms with Crippen molar-refractivity contribution in [2.24, 2.45) is 0 Å². The van der Waals surface area contributed by atoms with Crippen LogP contribution < -0.4 is 0 Å². The van der Waals surface area contributed by atoms with E-state index >= 15 is 0 Å². The monoisotopic (exact) mass is 244 g/mol. The lowest BCUT2D eigenvalue weighted by molar-refractivity contribution is -0.136. The molecule has 4 nitrogen and oxygen atoms in total. The molecule has 0 spiro atoms. The van der Waals surface area contributed by atoms with Gasteiger partial charge in [-0.2, -0.15) is 18.3 Å². The number of alkyl halides is 3. The topological polar surface area (TPSA) is 55.0 Å². The van der Waals surface area contributed by atoms with E-state index in [1.807, 2.05) is 0 Å². The number of nitrogens with zero attached hydrogens (tertiary/aromatic N) is 1. The van der Waals surface area contributed by atoms with Crippen LogP contribution in [0.1, 0.15) is 15.9 Å². The van der Waals surface area contributed by atoms with Crippen LogP contribution in [0.3, 0.4) is 0 Å². The third-order valence-electron chi connectivity index (χ3n) is 2.33. The van der Waals surface area contributed by atoms with Crippen molar-refractivity contribution in [3.05, 3.63) is 29.5 Å². The minimum absolute atomic E-state index is 0.0456. The van der Waals surface area contributed by atoms with Crippen LogP contribution in [-0.2, 0) is 10.9 Å². The predicted octanol–water partition coefficient (Wildman–Crippen LogP) is 2.37. The maximum absolute atomic E-state index is 12.6. The van der Waals surface area contributed by atoms with E-state index in [4.69, 9.17) is 0 Å². The number of carbonyl (C=O) groups is 1. The molecule has 1 heterocycles. The van der Waals surface area contributed by atoms with Crippen molar-refractivity contribution in [3.63, 3.8) is 0 Å². The lowest BCUT2D eigenvalue weighted by Crippen LogP contribution is -2.08. The highest BCUT2D eigenvalue weighted by Crippen LogP contribution is 2.34. The van der Waals surface area contributed by atoms with Gasteiger partial charge in [0.25, 0.3) is 0 Å². The van der Waals surface area contributed by atoms with Crippen molar-refractivity contribution < 1.29 is 22.7 Å². The number of aromatic nitrogens is 2. The zero-order valence-corrected chi connectivity index (χ0v) is 8.63. The van der Waals surface area contributed by atoms with Gasteiger partial charge < -0.3 is 4.74 Å². The summed E-state index contributed by atoms with van der Waals surface area (Å²) < 4.78 is 42.4. The van der Waals surface area contributed by atoms with E-state index in [2.05, 4.69) is 14.9 Å². The van der Waals surface area contributed by atoms with Crippen LogP contribution in [-0.4, -0.2) is 23.3 Å². The van der Waals surface area contributed by atoms with Crippen LogP contribution in [0.4, 0.5) is 13.2 Å². The average molecular weight is 244 g/mol. The third-order valence-corrected chi connectivity index (χ3v) is 2.33. The Morgan fingerprint density at radius 3 is 2.71 bits per heavy atom. The van der Waals surface area contributed by atoms with Gasteiger partial charge in [0, 0.05) is 5.39 Å². The zero-order chi connectivity index (χ0) is 12.6. The fourth-order valence-corrected chi connectivity index (χ4v) is 1.56. The van der Waals surface area contributed by atoms with Crippen molar-refractivity contribution >= 4 is 16.9 Å². The van der Waals surface area contributed by atoms with Gasteiger partial charge in [-0.1, -0.05) is 0 Å². The first-order chi connectivity index (χ1) is 7.95. The molecule has 0 aliphatic carbocycles. The Labute approximate surface area is 93.4 Å². The molecular formula is C10H7F3N2O2. The summed E-state index contributed by atoms with van der Waals surface area (Å²) in [6.07, 6.45) is -3.34. The molecule has 7 heteroatoms. The summed E-state index contributed by atoms with van der Waals surface area (Å²) in [6.45, 7) is 0. The molecule has 1 N–H and O–H groups in total. The van der Waals surface area contributed by atoms with Gasteiger partial charge in [0.1, 0.15) is 0 Å². The number of aromatic amines is 1. The summed E-state index contributed by atoms with van der Waals surface area (Å²) in [5.74, 6) is -0.704. The SMILES string of the molecule is COC(=O)c1ccc(C(F)(F)F)c2[nH]ncc12. The molecule has 0 saturated heterocycles. The Bertz CT molecular complexity index is 574. The Kier molecular flexibility index (Phi) is 2.53. The Hall–Kier alpha value is -2.05. The van der Waals surface area contributed by atoms with Gasteiger partial charge in [-0.05, 0) is 12.1 Å². The normalized spacial score (nSPS) is 11.8. The molecule has 1 aromatic heterocycles. The molecule has 0 bridgehead atoms. The van der Waals surface area contributed by atoms with Gasteiger partial charge in [-0.15, -0.1) is 0 Å². The van der Waals surface area contributed by atoms with Gasteiger partial charge >= 0.3 is 12.1 Å². The van der Waals surface area contributed by atoms with Crippen molar-refractivity contribution in [2.45, 2.75) is 6.18 Å². The fourth-order valence-electron chi connectivity index (χ4n) is 1.56. The van der Waals surface area contributed by atoms with E-state index in [0.29, 0.717) is 0 Å². The first kappa shape index (κ1) is 11.4. The lowest BCUT2D eigenvalue weighted by atomic mass is 10.1. The van der Waals surface area contributed by atoms with E-state index in [0.717, 1.165) is 25.4 Å². The number of nitrogens with one attached hydrogen (secondary N) is 1. The van der Waals surface area contributed by atoms with Crippen LogP contribution in [0.15, 0.2) is 18.3 Å². The Morgan fingerprint density at radius 2 is 2.12 bits per heavy atom. The van der Waals surface area contributed by atoms with Crippen LogP contribution in [0, 0.1) is 0 Å². The number of hydrogen-bond acceptors (Lipinski definition) is 3. The molecule has 90 valence electrons. The predicted molar refractivity (Wildman–Crippen MR) is 52.4 cm³/mol. The number of rotatable bonds is 1. The van der Waals surface area contributed by atoms with Gasteiger partial charge in [-0.3, -0.25) is 5.10 Å². The average Bonchev–Trinajstić information content (AvgIpc) is 2.73. The van der Waals surface area contributed by atoms with E-state index in [9.17, 15) is 18.0 Å². The molecule has 1 aromatic carbocycles. The standard InChI is InChI=1S/C10H7F3N2O2/c1-17-9(16)5-2-3-7(10(11,12)13)8-6(5)4-14-15-8/h2-4H,1H3,(H,14,15). The maximum Gasteiger partial charge on any atom is 0.418 e. The summed E-state index contributed by atoms with van der Waals surface area (Å²) >= 11 is 0. The van der Waals surface area contributed by atoms with Gasteiger partial charge in [0.15, 0.2) is 0 Å². The van der Waals surface area contributed by atoms with Crippen molar-refractivity contribution in [3.8, 4) is 0 Å². The van der Waals surface area contributed by atoms with E-state index in [-0.39, 0.29) is 16.5 Å². The van der Waals surface area contributed by atoms with Crippen LogP contribution >= 0.6 is 0 Å². The molecule has 0 amide bonds. The molecule has 0 fully saturated rings. The van der Waals surface area contributed by atoms with Crippen molar-refractivity contribution in [1.29, 1.82) is 0 Å². The number of esters is 1. The molecule has 0 atom stereocenters. The second kappa shape index (κ2) is 3.76. The van der Waals surface area contributed by atoms with E-state index in [1.165, 1.54) is 0 Å². The highest BCUT2D eigenvalue weighted by Gasteiger charge is 2.34. The molecule has 0 radical (unpaired) electrons. The van der Waals surface area contributed by atoms with Crippen molar-refractivity contribution in [2.75, 3.05) is 7.11 Å². The molecule has 2 aromatic rings. The quantitative estimate of drug-likeness (QED) is 0.783. The number of ether oxygens (including phenoxy) is 1. The molecule has 2 rings (SSSR count). The van der Waals surface area contributed by atoms with Crippen LogP contribution in [0.25, 0.3) is 10.9 Å². The molecule has 0 aliphatic rings. The number of benzene rings is 1. The number of carbonyl (C=O) groups excluding carboxylic acids is 1. The Morgan fingerprint density at radius 1 is 1.41 bits per heavy atom. The minimum atomic E-state index is -4.50.